The molecular formula is C27H34O8. The predicted molar refractivity (Wildman–Crippen MR) is 121 cm³/mol. The van der Waals surface area contributed by atoms with E-state index in [1.54, 1.807) is 7.11 Å². The highest BCUT2D eigenvalue weighted by Gasteiger charge is 2.76. The monoisotopic (exact) mass is 486 g/mol. The third kappa shape index (κ3) is 2.89. The summed E-state index contributed by atoms with van der Waals surface area (Å²) in [6.07, 6.45) is 5.96. The summed E-state index contributed by atoms with van der Waals surface area (Å²) in [7, 11) is 1.55. The first kappa shape index (κ1) is 23.2. The highest BCUT2D eigenvalue weighted by Crippen LogP contribution is 2.70. The molecule has 6 rings (SSSR count). The van der Waals surface area contributed by atoms with Gasteiger partial charge in [0.1, 0.15) is 12.4 Å². The second kappa shape index (κ2) is 7.64. The second-order valence-corrected chi connectivity index (χ2v) is 11.8. The Kier molecular flexibility index (Phi) is 5.06. The number of hydrogen-bond acceptors (Lipinski definition) is 8. The predicted octanol–water partition coefficient (Wildman–Crippen LogP) is 2.91. The van der Waals surface area contributed by atoms with Crippen molar-refractivity contribution in [2.45, 2.75) is 83.0 Å². The third-order valence-corrected chi connectivity index (χ3v) is 10.4. The molecule has 0 N–H and O–H groups in total. The zero-order valence-corrected chi connectivity index (χ0v) is 20.7. The zero-order valence-electron chi connectivity index (χ0n) is 20.7. The Hall–Kier alpha value is -2.22. The van der Waals surface area contributed by atoms with Crippen molar-refractivity contribution in [3.63, 3.8) is 0 Å². The number of ether oxygens (including phenoxy) is 4. The molecule has 2 heterocycles. The maximum atomic E-state index is 13.8. The van der Waals surface area contributed by atoms with E-state index in [4.69, 9.17) is 18.9 Å². The summed E-state index contributed by atoms with van der Waals surface area (Å²) < 4.78 is 23.2. The number of carbonyl (C=O) groups excluding carboxylic acids is 4. The van der Waals surface area contributed by atoms with Gasteiger partial charge in [-0.15, -0.1) is 0 Å². The molecule has 3 saturated carbocycles. The van der Waals surface area contributed by atoms with Gasteiger partial charge in [-0.05, 0) is 62.4 Å². The van der Waals surface area contributed by atoms with Crippen LogP contribution in [0.5, 0.6) is 0 Å². The van der Waals surface area contributed by atoms with Gasteiger partial charge in [-0.25, -0.2) is 0 Å². The lowest BCUT2D eigenvalue weighted by Crippen LogP contribution is -2.67. The SMILES string of the molecule is COC1=C2C3CCC4(OC(C)=O)C5OC5CCC4(C=O)C3CCC2(C)C(C2CCC(=O)OC2)C1=O. The lowest BCUT2D eigenvalue weighted by Gasteiger charge is -2.61. The first-order valence-corrected chi connectivity index (χ1v) is 13.0. The fourth-order valence-corrected chi connectivity index (χ4v) is 9.14. The Labute approximate surface area is 205 Å². The number of fused-ring (bicyclic) bond motifs is 7. The lowest BCUT2D eigenvalue weighted by molar-refractivity contribution is -0.211. The van der Waals surface area contributed by atoms with Crippen molar-refractivity contribution in [1.82, 2.24) is 0 Å². The van der Waals surface area contributed by atoms with Crippen molar-refractivity contribution in [3.05, 3.63) is 11.3 Å². The summed E-state index contributed by atoms with van der Waals surface area (Å²) in [6, 6.07) is 0. The minimum atomic E-state index is -0.939. The Morgan fingerprint density at radius 3 is 2.57 bits per heavy atom. The van der Waals surface area contributed by atoms with Crippen LogP contribution in [0, 0.1) is 34.5 Å². The second-order valence-electron chi connectivity index (χ2n) is 11.8. The molecular weight excluding hydrogens is 452 g/mol. The van der Waals surface area contributed by atoms with Gasteiger partial charge in [-0.1, -0.05) is 6.92 Å². The standard InChI is InChI=1S/C27H34O8/c1-14(29)35-27-11-6-16-17(26(27,13-28)10-8-18-24(27)34-18)7-9-25(2)20(15-4-5-19(30)33-12-15)22(31)23(32-3)21(16)25/h13,15-18,20,24H,4-12H2,1-3H3. The average molecular weight is 487 g/mol. The van der Waals surface area contributed by atoms with Gasteiger partial charge in [-0.2, -0.15) is 0 Å². The van der Waals surface area contributed by atoms with Gasteiger partial charge in [-0.3, -0.25) is 14.4 Å². The molecule has 9 unspecified atom stereocenters. The molecule has 9 atom stereocenters. The molecule has 0 radical (unpaired) electrons. The summed E-state index contributed by atoms with van der Waals surface area (Å²) in [5.41, 5.74) is -1.16. The van der Waals surface area contributed by atoms with Crippen LogP contribution in [0.15, 0.2) is 11.3 Å². The molecule has 4 aliphatic carbocycles. The molecule has 2 aliphatic heterocycles. The summed E-state index contributed by atoms with van der Waals surface area (Å²) >= 11 is 0. The van der Waals surface area contributed by atoms with Crippen molar-refractivity contribution >= 4 is 24.0 Å². The van der Waals surface area contributed by atoms with Crippen molar-refractivity contribution in [2.75, 3.05) is 13.7 Å². The van der Waals surface area contributed by atoms with E-state index in [1.165, 1.54) is 6.92 Å². The van der Waals surface area contributed by atoms with Crippen LogP contribution in [0.25, 0.3) is 0 Å². The molecule has 0 aromatic carbocycles. The summed E-state index contributed by atoms with van der Waals surface area (Å²) in [4.78, 5) is 50.8. The number of ketones is 1. The molecule has 190 valence electrons. The highest BCUT2D eigenvalue weighted by atomic mass is 16.6. The third-order valence-electron chi connectivity index (χ3n) is 10.4. The van der Waals surface area contributed by atoms with E-state index in [0.29, 0.717) is 37.9 Å². The molecule has 0 aromatic rings. The number of cyclic esters (lactones) is 1. The minimum absolute atomic E-state index is 0.000177. The number of hydrogen-bond donors (Lipinski definition) is 0. The first-order valence-electron chi connectivity index (χ1n) is 13.0. The number of allylic oxidation sites excluding steroid dienone is 2. The highest BCUT2D eigenvalue weighted by molar-refractivity contribution is 6.00. The molecule has 5 fully saturated rings. The molecule has 6 aliphatic rings. The minimum Gasteiger partial charge on any atom is -0.493 e. The van der Waals surface area contributed by atoms with Crippen LogP contribution in [0.1, 0.15) is 65.2 Å². The van der Waals surface area contributed by atoms with Crippen LogP contribution in [-0.4, -0.2) is 55.5 Å². The number of esters is 2. The van der Waals surface area contributed by atoms with Gasteiger partial charge in [0.25, 0.3) is 0 Å². The number of methoxy groups -OCH3 is 1. The topological polar surface area (TPSA) is 108 Å². The summed E-state index contributed by atoms with van der Waals surface area (Å²) in [6.45, 7) is 3.83. The van der Waals surface area contributed by atoms with Crippen LogP contribution < -0.4 is 0 Å². The van der Waals surface area contributed by atoms with Gasteiger partial charge >= 0.3 is 11.9 Å². The van der Waals surface area contributed by atoms with Crippen molar-refractivity contribution < 1.29 is 38.1 Å². The average Bonchev–Trinajstić information content (AvgIpc) is 3.58. The normalized spacial score (nSPS) is 48.1. The molecule has 2 saturated heterocycles. The lowest BCUT2D eigenvalue weighted by atomic mass is 9.44. The van der Waals surface area contributed by atoms with Crippen LogP contribution >= 0.6 is 0 Å². The maximum absolute atomic E-state index is 13.8. The largest absolute Gasteiger partial charge is 0.493 e. The van der Waals surface area contributed by atoms with Crippen LogP contribution in [-0.2, 0) is 38.1 Å². The summed E-state index contributed by atoms with van der Waals surface area (Å²) in [5.74, 6) is -0.553. The van der Waals surface area contributed by atoms with Crippen molar-refractivity contribution in [3.8, 4) is 0 Å². The fourth-order valence-electron chi connectivity index (χ4n) is 9.14. The van der Waals surface area contributed by atoms with E-state index in [1.807, 2.05) is 0 Å². The van der Waals surface area contributed by atoms with E-state index in [0.717, 1.165) is 31.1 Å². The van der Waals surface area contributed by atoms with Gasteiger partial charge in [0, 0.05) is 30.6 Å². The van der Waals surface area contributed by atoms with Crippen LogP contribution in [0.3, 0.4) is 0 Å². The molecule has 0 aromatic heterocycles. The maximum Gasteiger partial charge on any atom is 0.305 e. The van der Waals surface area contributed by atoms with E-state index in [-0.39, 0.29) is 60.2 Å². The number of rotatable bonds is 4. The van der Waals surface area contributed by atoms with Gasteiger partial charge in [0.15, 0.2) is 11.4 Å². The molecule has 8 heteroatoms. The molecule has 35 heavy (non-hydrogen) atoms. The van der Waals surface area contributed by atoms with Gasteiger partial charge in [0.2, 0.25) is 5.78 Å². The van der Waals surface area contributed by atoms with Gasteiger partial charge < -0.3 is 23.7 Å². The quantitative estimate of drug-likeness (QED) is 0.339. The van der Waals surface area contributed by atoms with Crippen LogP contribution in [0.4, 0.5) is 0 Å². The molecule has 0 spiro atoms. The van der Waals surface area contributed by atoms with E-state index in [2.05, 4.69) is 6.92 Å². The van der Waals surface area contributed by atoms with E-state index < -0.39 is 16.4 Å². The Morgan fingerprint density at radius 2 is 1.91 bits per heavy atom. The zero-order chi connectivity index (χ0) is 24.8. The fraction of sp³-hybridized carbons (Fsp3) is 0.778. The molecule has 8 nitrogen and oxygen atoms in total. The Bertz CT molecular complexity index is 1020. The number of Topliss-reactive ketones (excluding diaryl/α,β-unsaturated/α-hetero) is 1. The number of carbonyl (C=O) groups is 4. The molecule has 0 bridgehead atoms. The summed E-state index contributed by atoms with van der Waals surface area (Å²) in [5, 5.41) is 0. The van der Waals surface area contributed by atoms with Gasteiger partial charge in [0.05, 0.1) is 25.2 Å². The first-order chi connectivity index (χ1) is 16.7. The number of aldehydes is 1. The van der Waals surface area contributed by atoms with Crippen molar-refractivity contribution in [1.29, 1.82) is 0 Å². The van der Waals surface area contributed by atoms with Crippen LogP contribution in [0.2, 0.25) is 0 Å². The number of epoxide rings is 1. The van der Waals surface area contributed by atoms with E-state index in [9.17, 15) is 19.2 Å². The smallest absolute Gasteiger partial charge is 0.305 e. The van der Waals surface area contributed by atoms with E-state index >= 15 is 0 Å². The molecule has 0 amide bonds. The van der Waals surface area contributed by atoms with Crippen molar-refractivity contribution in [2.24, 2.45) is 34.5 Å². The Balaban J connectivity index is 1.41. The Morgan fingerprint density at radius 1 is 1.11 bits per heavy atom.